The van der Waals surface area contributed by atoms with Gasteiger partial charge in [0.25, 0.3) is 0 Å². The van der Waals surface area contributed by atoms with Crippen LogP contribution in [-0.2, 0) is 4.74 Å². The molecule has 0 aromatic carbocycles. The lowest BCUT2D eigenvalue weighted by Gasteiger charge is -2.35. The maximum absolute atomic E-state index is 7.37. The van der Waals surface area contributed by atoms with Crippen LogP contribution in [0.5, 0.6) is 0 Å². The van der Waals surface area contributed by atoms with Gasteiger partial charge in [-0.2, -0.15) is 11.8 Å². The molecule has 0 amide bonds. The van der Waals surface area contributed by atoms with Gasteiger partial charge in [0.05, 0.1) is 25.0 Å². The highest BCUT2D eigenvalue weighted by Gasteiger charge is 2.25. The fourth-order valence-electron chi connectivity index (χ4n) is 4.10. The Hall–Kier alpha value is -2.12. The molecule has 148 valence electrons. The highest BCUT2D eigenvalue weighted by molar-refractivity contribution is 7.99. The summed E-state index contributed by atoms with van der Waals surface area (Å²) in [6, 6.07) is 4.63. The van der Waals surface area contributed by atoms with Gasteiger partial charge in [-0.3, -0.25) is 4.98 Å². The van der Waals surface area contributed by atoms with E-state index in [-0.39, 0.29) is 6.04 Å². The average Bonchev–Trinajstić information content (AvgIpc) is 2.73. The second-order valence-electron chi connectivity index (χ2n) is 7.42. The van der Waals surface area contributed by atoms with Gasteiger partial charge >= 0.3 is 0 Å². The monoisotopic (exact) mass is 397 g/mol. The van der Waals surface area contributed by atoms with Gasteiger partial charge < -0.3 is 20.8 Å². The quantitative estimate of drug-likeness (QED) is 0.769. The molecule has 0 bridgehead atoms. The highest BCUT2D eigenvalue weighted by Crippen LogP contribution is 2.38. The van der Waals surface area contributed by atoms with Gasteiger partial charge in [0.2, 0.25) is 0 Å². The van der Waals surface area contributed by atoms with E-state index in [1.807, 2.05) is 18.0 Å². The third kappa shape index (κ3) is 3.73. The van der Waals surface area contributed by atoms with Crippen LogP contribution in [0.4, 0.5) is 5.82 Å². The minimum atomic E-state index is 0.281. The minimum Gasteiger partial charge on any atom is -0.397 e. The van der Waals surface area contributed by atoms with E-state index in [1.54, 1.807) is 6.08 Å². The number of nitrogens with two attached hydrogens (primary N) is 1. The zero-order chi connectivity index (χ0) is 19.5. The Bertz CT molecular complexity index is 894. The van der Waals surface area contributed by atoms with Crippen LogP contribution in [0.15, 0.2) is 24.4 Å². The number of thioether (sulfide) groups is 1. The number of morpholine rings is 1. The Morgan fingerprint density at radius 2 is 2.21 bits per heavy atom. The van der Waals surface area contributed by atoms with E-state index in [0.29, 0.717) is 23.9 Å². The topological polar surface area (TPSA) is 88.1 Å². The first-order chi connectivity index (χ1) is 13.7. The molecule has 3 N–H and O–H groups in total. The molecular weight excluding hydrogens is 370 g/mol. The van der Waals surface area contributed by atoms with Crippen molar-refractivity contribution in [2.75, 3.05) is 36.2 Å². The van der Waals surface area contributed by atoms with E-state index in [0.717, 1.165) is 29.9 Å². The summed E-state index contributed by atoms with van der Waals surface area (Å²) < 4.78 is 5.62. The van der Waals surface area contributed by atoms with Gasteiger partial charge in [0.1, 0.15) is 17.0 Å². The largest absolute Gasteiger partial charge is 0.397 e. The molecule has 0 radical (unpaired) electrons. The molecule has 2 aliphatic heterocycles. The van der Waals surface area contributed by atoms with Crippen molar-refractivity contribution in [3.05, 3.63) is 35.7 Å². The number of nitrogens with zero attached hydrogens (tertiary/aromatic N) is 3. The minimum absolute atomic E-state index is 0.281. The van der Waals surface area contributed by atoms with Crippen LogP contribution in [0.25, 0.3) is 16.6 Å². The van der Waals surface area contributed by atoms with Crippen molar-refractivity contribution in [2.24, 2.45) is 5.73 Å². The number of anilines is 1. The number of pyridine rings is 2. The molecule has 2 fully saturated rings. The first kappa shape index (κ1) is 19.2. The van der Waals surface area contributed by atoms with Gasteiger partial charge in [-0.1, -0.05) is 0 Å². The molecule has 28 heavy (non-hydrogen) atoms. The number of ether oxygens (including phenoxy) is 1. The van der Waals surface area contributed by atoms with E-state index >= 15 is 0 Å². The molecule has 4 rings (SSSR count). The summed E-state index contributed by atoms with van der Waals surface area (Å²) in [5, 5.41) is 8.50. The lowest BCUT2D eigenvalue weighted by molar-refractivity contribution is 0.0985. The molecule has 4 heterocycles. The lowest BCUT2D eigenvalue weighted by Crippen LogP contribution is -2.44. The number of rotatable bonds is 4. The van der Waals surface area contributed by atoms with E-state index in [9.17, 15) is 0 Å². The van der Waals surface area contributed by atoms with Crippen LogP contribution in [0.2, 0.25) is 0 Å². The average molecular weight is 398 g/mol. The zero-order valence-corrected chi connectivity index (χ0v) is 17.0. The first-order valence-corrected chi connectivity index (χ1v) is 11.0. The van der Waals surface area contributed by atoms with Crippen molar-refractivity contribution in [1.29, 1.82) is 5.41 Å². The van der Waals surface area contributed by atoms with Crippen molar-refractivity contribution in [2.45, 2.75) is 31.7 Å². The van der Waals surface area contributed by atoms with Crippen LogP contribution in [0.1, 0.15) is 36.9 Å². The fourth-order valence-corrected chi connectivity index (χ4v) is 5.21. The fraction of sp³-hybridized carbons (Fsp3) is 0.476. The highest BCUT2D eigenvalue weighted by atomic mass is 32.2. The normalized spacial score (nSPS) is 21.8. The van der Waals surface area contributed by atoms with Crippen molar-refractivity contribution in [3.8, 4) is 0 Å². The van der Waals surface area contributed by atoms with Crippen LogP contribution < -0.4 is 10.6 Å². The summed E-state index contributed by atoms with van der Waals surface area (Å²) in [7, 11) is 0. The summed E-state index contributed by atoms with van der Waals surface area (Å²) in [6.07, 6.45) is 6.95. The van der Waals surface area contributed by atoms with Crippen LogP contribution in [-0.4, -0.2) is 53.5 Å². The van der Waals surface area contributed by atoms with Crippen molar-refractivity contribution >= 4 is 40.4 Å². The maximum atomic E-state index is 7.37. The van der Waals surface area contributed by atoms with E-state index in [1.165, 1.54) is 36.1 Å². The predicted molar refractivity (Wildman–Crippen MR) is 117 cm³/mol. The van der Waals surface area contributed by atoms with Gasteiger partial charge in [0, 0.05) is 24.3 Å². The Morgan fingerprint density at radius 3 is 2.96 bits per heavy atom. The van der Waals surface area contributed by atoms with E-state index in [2.05, 4.69) is 28.9 Å². The van der Waals surface area contributed by atoms with Crippen LogP contribution in [0, 0.1) is 5.41 Å². The van der Waals surface area contributed by atoms with E-state index < -0.39 is 0 Å². The standard InChI is InChI=1S/C21H27N5OS/c1-14-13-27-9-8-26(14)19-12-17(15-4-10-28-11-5-15)16-3-7-24-21(20(16)25-19)18(23)2-6-22/h2-3,6-7,12,14-15,22H,4-5,8-11,13,23H2,1H3/b18-2-,22-6?. The maximum Gasteiger partial charge on any atom is 0.130 e. The van der Waals surface area contributed by atoms with Gasteiger partial charge in [-0.15, -0.1) is 0 Å². The van der Waals surface area contributed by atoms with Gasteiger partial charge in [-0.05, 0) is 61.0 Å². The third-order valence-electron chi connectivity index (χ3n) is 5.61. The Balaban J connectivity index is 1.91. The number of hydrogen-bond acceptors (Lipinski definition) is 7. The van der Waals surface area contributed by atoms with Crippen LogP contribution in [0.3, 0.4) is 0 Å². The Kier molecular flexibility index (Phi) is 5.82. The number of aromatic nitrogens is 2. The van der Waals surface area contributed by atoms with Gasteiger partial charge in [0.15, 0.2) is 0 Å². The van der Waals surface area contributed by atoms with Crippen molar-refractivity contribution < 1.29 is 4.74 Å². The molecule has 2 aromatic heterocycles. The third-order valence-corrected chi connectivity index (χ3v) is 6.65. The number of nitrogens with one attached hydrogen (secondary N) is 1. The second kappa shape index (κ2) is 8.49. The lowest BCUT2D eigenvalue weighted by atomic mass is 9.90. The molecular formula is C21H27N5OS. The summed E-state index contributed by atoms with van der Waals surface area (Å²) in [4.78, 5) is 11.9. The Labute approximate surface area is 170 Å². The van der Waals surface area contributed by atoms with Crippen molar-refractivity contribution in [1.82, 2.24) is 9.97 Å². The number of allylic oxidation sites excluding steroid dienone is 1. The van der Waals surface area contributed by atoms with Crippen LogP contribution >= 0.6 is 11.8 Å². The summed E-state index contributed by atoms with van der Waals surface area (Å²) >= 11 is 2.04. The molecule has 0 spiro atoms. The number of fused-ring (bicyclic) bond motifs is 1. The van der Waals surface area contributed by atoms with Gasteiger partial charge in [-0.25, -0.2) is 4.98 Å². The predicted octanol–water partition coefficient (Wildman–Crippen LogP) is 3.41. The SMILES string of the molecule is CC1COCCN1c1cc(C2CCSCC2)c2ccnc(/C(N)=C/C=N)c2n1. The Morgan fingerprint density at radius 1 is 1.39 bits per heavy atom. The number of hydrogen-bond donors (Lipinski definition) is 2. The summed E-state index contributed by atoms with van der Waals surface area (Å²) in [5.74, 6) is 3.91. The molecule has 2 aliphatic rings. The van der Waals surface area contributed by atoms with E-state index in [4.69, 9.17) is 20.9 Å². The molecule has 0 aliphatic carbocycles. The zero-order valence-electron chi connectivity index (χ0n) is 16.2. The smallest absolute Gasteiger partial charge is 0.130 e. The molecule has 1 unspecified atom stereocenters. The molecule has 6 nitrogen and oxygen atoms in total. The first-order valence-electron chi connectivity index (χ1n) is 9.87. The van der Waals surface area contributed by atoms with Crippen molar-refractivity contribution in [3.63, 3.8) is 0 Å². The summed E-state index contributed by atoms with van der Waals surface area (Å²) in [5.41, 5.74) is 9.55. The molecule has 0 saturated carbocycles. The summed E-state index contributed by atoms with van der Waals surface area (Å²) in [6.45, 7) is 4.44. The molecule has 7 heteroatoms. The molecule has 1 atom stereocenters. The molecule has 2 aromatic rings. The molecule has 2 saturated heterocycles. The second-order valence-corrected chi connectivity index (χ2v) is 8.64.